The van der Waals surface area contributed by atoms with Gasteiger partial charge in [0.2, 0.25) is 5.91 Å². The summed E-state index contributed by atoms with van der Waals surface area (Å²) in [6.07, 6.45) is 6.93. The molecule has 0 bridgehead atoms. The van der Waals surface area contributed by atoms with E-state index in [0.717, 1.165) is 5.69 Å². The third-order valence-electron chi connectivity index (χ3n) is 3.57. The maximum Gasteiger partial charge on any atom is 0.327 e. The van der Waals surface area contributed by atoms with Gasteiger partial charge in [-0.05, 0) is 18.9 Å². The lowest BCUT2D eigenvalue weighted by atomic mass is 10.3. The summed E-state index contributed by atoms with van der Waals surface area (Å²) in [7, 11) is 0. The van der Waals surface area contributed by atoms with Gasteiger partial charge in [-0.3, -0.25) is 9.48 Å². The Kier molecular flexibility index (Phi) is 5.67. The van der Waals surface area contributed by atoms with Gasteiger partial charge in [0.25, 0.3) is 0 Å². The Labute approximate surface area is 128 Å². The number of nitrogens with one attached hydrogen (secondary N) is 1. The summed E-state index contributed by atoms with van der Waals surface area (Å²) in [5, 5.41) is 16.0. The van der Waals surface area contributed by atoms with Crippen LogP contribution < -0.4 is 5.32 Å². The summed E-state index contributed by atoms with van der Waals surface area (Å²) in [5.41, 5.74) is 0.957. The molecule has 0 aliphatic heterocycles. The largest absolute Gasteiger partial charge is 0.480 e. The fraction of sp³-hybridized carbons (Fsp3) is 0.643. The summed E-state index contributed by atoms with van der Waals surface area (Å²) in [5.74, 6) is -0.337. The number of hydrogen-bond donors (Lipinski definition) is 2. The molecule has 1 saturated carbocycles. The minimum Gasteiger partial charge on any atom is -0.480 e. The third-order valence-corrected chi connectivity index (χ3v) is 4.64. The van der Waals surface area contributed by atoms with Crippen LogP contribution in [0.4, 0.5) is 0 Å². The summed E-state index contributed by atoms with van der Waals surface area (Å²) < 4.78 is 2.03. The molecule has 1 fully saturated rings. The Morgan fingerprint density at radius 2 is 2.24 bits per heavy atom. The van der Waals surface area contributed by atoms with E-state index in [1.165, 1.54) is 44.4 Å². The van der Waals surface area contributed by atoms with Gasteiger partial charge in [-0.25, -0.2) is 4.79 Å². The second-order valence-corrected chi connectivity index (χ2v) is 6.36. The molecule has 1 amide bonds. The number of carboxylic acid groups (broad SMARTS) is 1. The highest BCUT2D eigenvalue weighted by Crippen LogP contribution is 2.29. The maximum atomic E-state index is 11.0. The van der Waals surface area contributed by atoms with Crippen LogP contribution in [-0.2, 0) is 15.3 Å². The van der Waals surface area contributed by atoms with Gasteiger partial charge in [0.05, 0.1) is 11.7 Å². The van der Waals surface area contributed by atoms with E-state index in [2.05, 4.69) is 10.4 Å². The van der Waals surface area contributed by atoms with Crippen LogP contribution in [0.25, 0.3) is 0 Å². The number of carbonyl (C=O) groups excluding carboxylic acids is 1. The number of carbonyl (C=O) groups is 2. The fourth-order valence-corrected chi connectivity index (χ4v) is 3.47. The molecule has 0 radical (unpaired) electrons. The molecule has 1 aliphatic carbocycles. The SMILES string of the molecule is CC(=O)N[C@@H](CSCc1ccn(C2CCCC2)n1)C(=O)O. The van der Waals surface area contributed by atoms with Crippen LogP contribution in [-0.4, -0.2) is 38.6 Å². The summed E-state index contributed by atoms with van der Waals surface area (Å²) in [6, 6.07) is 1.67. The first-order valence-electron chi connectivity index (χ1n) is 7.18. The van der Waals surface area contributed by atoms with Crippen LogP contribution in [0.15, 0.2) is 12.3 Å². The third kappa shape index (κ3) is 4.77. The molecule has 0 unspecified atom stereocenters. The summed E-state index contributed by atoms with van der Waals surface area (Å²) >= 11 is 1.47. The van der Waals surface area contributed by atoms with E-state index in [1.54, 1.807) is 0 Å². The molecule has 0 spiro atoms. The van der Waals surface area contributed by atoms with Crippen molar-refractivity contribution in [3.8, 4) is 0 Å². The Morgan fingerprint density at radius 1 is 1.52 bits per heavy atom. The minimum atomic E-state index is -1.01. The van der Waals surface area contributed by atoms with E-state index in [9.17, 15) is 9.59 Å². The number of thioether (sulfide) groups is 1. The van der Waals surface area contributed by atoms with Crippen molar-refractivity contribution in [3.63, 3.8) is 0 Å². The molecule has 116 valence electrons. The van der Waals surface area contributed by atoms with Gasteiger partial charge in [-0.1, -0.05) is 12.8 Å². The van der Waals surface area contributed by atoms with Crippen molar-refractivity contribution in [2.75, 3.05) is 5.75 Å². The van der Waals surface area contributed by atoms with E-state index in [0.29, 0.717) is 17.5 Å². The Hall–Kier alpha value is -1.50. The Bertz CT molecular complexity index is 497. The van der Waals surface area contributed by atoms with Crippen molar-refractivity contribution >= 4 is 23.6 Å². The van der Waals surface area contributed by atoms with Crippen molar-refractivity contribution < 1.29 is 14.7 Å². The molecule has 21 heavy (non-hydrogen) atoms. The van der Waals surface area contributed by atoms with E-state index >= 15 is 0 Å². The van der Waals surface area contributed by atoms with Crippen LogP contribution in [0.1, 0.15) is 44.3 Å². The molecule has 2 rings (SSSR count). The summed E-state index contributed by atoms with van der Waals surface area (Å²) in [6.45, 7) is 1.32. The first-order valence-corrected chi connectivity index (χ1v) is 8.33. The van der Waals surface area contributed by atoms with Crippen LogP contribution in [0.5, 0.6) is 0 Å². The normalized spacial score (nSPS) is 16.8. The second-order valence-electron chi connectivity index (χ2n) is 5.33. The predicted octanol–water partition coefficient (Wildman–Crippen LogP) is 1.82. The minimum absolute atomic E-state index is 0.325. The standard InChI is InChI=1S/C14H21N3O3S/c1-10(18)15-13(14(19)20)9-21-8-11-6-7-17(16-11)12-4-2-3-5-12/h6-7,12-13H,2-5,8-9H2,1H3,(H,15,18)(H,19,20)/t13-/m0/s1. The monoisotopic (exact) mass is 311 g/mol. The number of nitrogens with zero attached hydrogens (tertiary/aromatic N) is 2. The van der Waals surface area contributed by atoms with Gasteiger partial charge in [0, 0.05) is 24.6 Å². The van der Waals surface area contributed by atoms with Gasteiger partial charge < -0.3 is 10.4 Å². The van der Waals surface area contributed by atoms with Gasteiger partial charge in [0.1, 0.15) is 6.04 Å². The highest BCUT2D eigenvalue weighted by Gasteiger charge is 2.19. The van der Waals surface area contributed by atoms with E-state index < -0.39 is 12.0 Å². The molecule has 1 heterocycles. The van der Waals surface area contributed by atoms with Gasteiger partial charge in [-0.2, -0.15) is 16.9 Å². The Balaban J connectivity index is 1.79. The lowest BCUT2D eigenvalue weighted by Crippen LogP contribution is -2.41. The first kappa shape index (κ1) is 15.9. The van der Waals surface area contributed by atoms with Crippen molar-refractivity contribution in [3.05, 3.63) is 18.0 Å². The quantitative estimate of drug-likeness (QED) is 0.802. The van der Waals surface area contributed by atoms with Gasteiger partial charge in [0.15, 0.2) is 0 Å². The van der Waals surface area contributed by atoms with E-state index in [1.807, 2.05) is 16.9 Å². The van der Waals surface area contributed by atoms with Crippen molar-refractivity contribution in [1.29, 1.82) is 0 Å². The van der Waals surface area contributed by atoms with Crippen molar-refractivity contribution in [1.82, 2.24) is 15.1 Å². The molecule has 1 aromatic rings. The van der Waals surface area contributed by atoms with Crippen LogP contribution in [0.2, 0.25) is 0 Å². The number of rotatable bonds is 7. The molecule has 0 aromatic carbocycles. The Morgan fingerprint density at radius 3 is 2.86 bits per heavy atom. The van der Waals surface area contributed by atoms with Crippen molar-refractivity contribution in [2.24, 2.45) is 0 Å². The van der Waals surface area contributed by atoms with Crippen LogP contribution in [0, 0.1) is 0 Å². The number of carboxylic acids is 1. The molecule has 1 atom stereocenters. The predicted molar refractivity (Wildman–Crippen MR) is 81.1 cm³/mol. The lowest BCUT2D eigenvalue weighted by Gasteiger charge is -2.12. The van der Waals surface area contributed by atoms with E-state index in [4.69, 9.17) is 5.11 Å². The number of aromatic nitrogens is 2. The average Bonchev–Trinajstić information content (AvgIpc) is 3.07. The summed E-state index contributed by atoms with van der Waals surface area (Å²) in [4.78, 5) is 22.0. The fourth-order valence-electron chi connectivity index (χ4n) is 2.53. The zero-order valence-corrected chi connectivity index (χ0v) is 12.9. The highest BCUT2D eigenvalue weighted by atomic mass is 32.2. The molecule has 0 saturated heterocycles. The van der Waals surface area contributed by atoms with Crippen LogP contribution in [0.3, 0.4) is 0 Å². The molecule has 2 N–H and O–H groups in total. The topological polar surface area (TPSA) is 84.2 Å². The number of hydrogen-bond acceptors (Lipinski definition) is 4. The van der Waals surface area contributed by atoms with Crippen LogP contribution >= 0.6 is 11.8 Å². The lowest BCUT2D eigenvalue weighted by molar-refractivity contribution is -0.140. The smallest absolute Gasteiger partial charge is 0.327 e. The number of amides is 1. The van der Waals surface area contributed by atoms with Gasteiger partial charge >= 0.3 is 5.97 Å². The highest BCUT2D eigenvalue weighted by molar-refractivity contribution is 7.98. The van der Waals surface area contributed by atoms with E-state index in [-0.39, 0.29) is 5.91 Å². The second kappa shape index (κ2) is 7.49. The number of aliphatic carboxylic acids is 1. The molecule has 1 aromatic heterocycles. The molecular weight excluding hydrogens is 290 g/mol. The zero-order valence-electron chi connectivity index (χ0n) is 12.1. The van der Waals surface area contributed by atoms with Crippen molar-refractivity contribution in [2.45, 2.75) is 50.4 Å². The molecule has 6 nitrogen and oxygen atoms in total. The maximum absolute atomic E-state index is 11.0. The first-order chi connectivity index (χ1) is 10.1. The van der Waals surface area contributed by atoms with Gasteiger partial charge in [-0.15, -0.1) is 0 Å². The average molecular weight is 311 g/mol. The zero-order chi connectivity index (χ0) is 15.2. The molecular formula is C14H21N3O3S. The molecule has 1 aliphatic rings. The molecule has 7 heteroatoms.